The van der Waals surface area contributed by atoms with Gasteiger partial charge >= 0.3 is 0 Å². The van der Waals surface area contributed by atoms with Crippen LogP contribution in [0.4, 0.5) is 5.82 Å². The Kier molecular flexibility index (Phi) is 3.25. The summed E-state index contributed by atoms with van der Waals surface area (Å²) in [5.41, 5.74) is 2.33. The van der Waals surface area contributed by atoms with Crippen LogP contribution in [0.15, 0.2) is 36.4 Å². The van der Waals surface area contributed by atoms with E-state index in [1.54, 1.807) is 0 Å². The lowest BCUT2D eigenvalue weighted by Crippen LogP contribution is -2.06. The third kappa shape index (κ3) is 2.42. The molecule has 3 nitrogen and oxygen atoms in total. The van der Waals surface area contributed by atoms with E-state index in [4.69, 9.17) is 0 Å². The summed E-state index contributed by atoms with van der Waals surface area (Å²) in [5.74, 6) is 1.09. The first-order valence-electron chi connectivity index (χ1n) is 5.62. The van der Waals surface area contributed by atoms with Crippen LogP contribution in [-0.4, -0.2) is 9.78 Å². The molecule has 0 aliphatic carbocycles. The van der Waals surface area contributed by atoms with Gasteiger partial charge in [0.1, 0.15) is 5.82 Å². The van der Waals surface area contributed by atoms with Gasteiger partial charge in [0.25, 0.3) is 0 Å². The number of nitrogens with one attached hydrogen (secondary N) is 1. The normalized spacial score (nSPS) is 10.4. The fourth-order valence-corrected chi connectivity index (χ4v) is 1.72. The zero-order valence-electron chi connectivity index (χ0n) is 9.77. The average molecular weight is 215 g/mol. The summed E-state index contributed by atoms with van der Waals surface area (Å²) in [7, 11) is 0. The predicted molar refractivity (Wildman–Crippen MR) is 66.4 cm³/mol. The number of aryl methyl sites for hydroxylation is 2. The maximum absolute atomic E-state index is 4.40. The van der Waals surface area contributed by atoms with Crippen LogP contribution in [0, 0.1) is 6.92 Å². The molecule has 16 heavy (non-hydrogen) atoms. The van der Waals surface area contributed by atoms with Crippen molar-refractivity contribution >= 4 is 5.82 Å². The van der Waals surface area contributed by atoms with Crippen molar-refractivity contribution in [3.8, 4) is 0 Å². The first-order valence-corrected chi connectivity index (χ1v) is 5.62. The average Bonchev–Trinajstić information content (AvgIpc) is 2.68. The SMILES string of the molecule is CCn1nc(C)cc1NCc1ccccc1. The van der Waals surface area contributed by atoms with Crippen molar-refractivity contribution in [3.63, 3.8) is 0 Å². The number of hydrogen-bond donors (Lipinski definition) is 1. The van der Waals surface area contributed by atoms with Gasteiger partial charge in [-0.3, -0.25) is 0 Å². The summed E-state index contributed by atoms with van der Waals surface area (Å²) < 4.78 is 1.98. The topological polar surface area (TPSA) is 29.9 Å². The fourth-order valence-electron chi connectivity index (χ4n) is 1.72. The highest BCUT2D eigenvalue weighted by atomic mass is 15.3. The maximum atomic E-state index is 4.40. The Morgan fingerprint density at radius 2 is 2.00 bits per heavy atom. The number of aromatic nitrogens is 2. The van der Waals surface area contributed by atoms with E-state index in [1.807, 2.05) is 17.7 Å². The quantitative estimate of drug-likeness (QED) is 0.850. The molecule has 0 amide bonds. The molecule has 3 heteroatoms. The third-order valence-corrected chi connectivity index (χ3v) is 2.52. The molecule has 1 aromatic carbocycles. The van der Waals surface area contributed by atoms with Crippen molar-refractivity contribution in [2.24, 2.45) is 0 Å². The van der Waals surface area contributed by atoms with Gasteiger partial charge in [-0.25, -0.2) is 4.68 Å². The zero-order chi connectivity index (χ0) is 11.4. The second-order valence-corrected chi connectivity index (χ2v) is 3.83. The van der Waals surface area contributed by atoms with Crippen molar-refractivity contribution < 1.29 is 0 Å². The Morgan fingerprint density at radius 1 is 1.25 bits per heavy atom. The molecular formula is C13H17N3. The van der Waals surface area contributed by atoms with Gasteiger partial charge in [0, 0.05) is 19.2 Å². The van der Waals surface area contributed by atoms with Gasteiger partial charge in [-0.1, -0.05) is 30.3 Å². The maximum Gasteiger partial charge on any atom is 0.124 e. The highest BCUT2D eigenvalue weighted by Gasteiger charge is 2.02. The number of hydrogen-bond acceptors (Lipinski definition) is 2. The Bertz CT molecular complexity index is 445. The number of benzene rings is 1. The van der Waals surface area contributed by atoms with Crippen molar-refractivity contribution in [2.45, 2.75) is 26.9 Å². The molecule has 0 unspecified atom stereocenters. The van der Waals surface area contributed by atoms with E-state index in [0.717, 1.165) is 24.6 Å². The van der Waals surface area contributed by atoms with Crippen molar-refractivity contribution in [1.82, 2.24) is 9.78 Å². The molecule has 0 saturated heterocycles. The van der Waals surface area contributed by atoms with E-state index in [1.165, 1.54) is 5.56 Å². The van der Waals surface area contributed by atoms with Crippen LogP contribution >= 0.6 is 0 Å². The monoisotopic (exact) mass is 215 g/mol. The first kappa shape index (κ1) is 10.7. The molecule has 84 valence electrons. The predicted octanol–water partition coefficient (Wildman–Crippen LogP) is 2.82. The molecule has 2 aromatic rings. The molecule has 0 saturated carbocycles. The van der Waals surface area contributed by atoms with Crippen LogP contribution in [0.2, 0.25) is 0 Å². The molecule has 1 aromatic heterocycles. The summed E-state index contributed by atoms with van der Waals surface area (Å²) in [5, 5.41) is 7.80. The Hall–Kier alpha value is -1.77. The van der Waals surface area contributed by atoms with Gasteiger partial charge in [-0.2, -0.15) is 5.10 Å². The Balaban J connectivity index is 2.04. The number of nitrogens with zero attached hydrogens (tertiary/aromatic N) is 2. The van der Waals surface area contributed by atoms with Crippen LogP contribution in [0.5, 0.6) is 0 Å². The fraction of sp³-hybridized carbons (Fsp3) is 0.308. The van der Waals surface area contributed by atoms with Crippen LogP contribution in [-0.2, 0) is 13.1 Å². The minimum absolute atomic E-state index is 0.839. The molecule has 0 aliphatic rings. The van der Waals surface area contributed by atoms with E-state index >= 15 is 0 Å². The second-order valence-electron chi connectivity index (χ2n) is 3.83. The third-order valence-electron chi connectivity index (χ3n) is 2.52. The molecule has 0 bridgehead atoms. The van der Waals surface area contributed by atoms with Gasteiger partial charge in [-0.05, 0) is 19.4 Å². The molecule has 0 atom stereocenters. The van der Waals surface area contributed by atoms with Gasteiger partial charge in [-0.15, -0.1) is 0 Å². The molecule has 1 N–H and O–H groups in total. The Labute approximate surface area is 96.1 Å². The largest absolute Gasteiger partial charge is 0.366 e. The molecule has 0 spiro atoms. The van der Waals surface area contributed by atoms with Crippen LogP contribution in [0.3, 0.4) is 0 Å². The summed E-state index contributed by atoms with van der Waals surface area (Å²) in [6.45, 7) is 5.84. The van der Waals surface area contributed by atoms with E-state index in [2.05, 4.69) is 47.7 Å². The van der Waals surface area contributed by atoms with Gasteiger partial charge < -0.3 is 5.32 Å². The minimum Gasteiger partial charge on any atom is -0.366 e. The minimum atomic E-state index is 0.839. The number of anilines is 1. The Morgan fingerprint density at radius 3 is 2.69 bits per heavy atom. The summed E-state index contributed by atoms with van der Waals surface area (Å²) in [4.78, 5) is 0. The van der Waals surface area contributed by atoms with E-state index in [-0.39, 0.29) is 0 Å². The van der Waals surface area contributed by atoms with Gasteiger partial charge in [0.2, 0.25) is 0 Å². The highest BCUT2D eigenvalue weighted by molar-refractivity contribution is 5.37. The van der Waals surface area contributed by atoms with Gasteiger partial charge in [0.15, 0.2) is 0 Å². The van der Waals surface area contributed by atoms with Crippen LogP contribution in [0.1, 0.15) is 18.2 Å². The molecular weight excluding hydrogens is 198 g/mol. The smallest absolute Gasteiger partial charge is 0.124 e. The first-order chi connectivity index (χ1) is 7.79. The van der Waals surface area contributed by atoms with Crippen molar-refractivity contribution in [2.75, 3.05) is 5.32 Å². The number of rotatable bonds is 4. The van der Waals surface area contributed by atoms with Crippen LogP contribution in [0.25, 0.3) is 0 Å². The van der Waals surface area contributed by atoms with E-state index in [9.17, 15) is 0 Å². The summed E-state index contributed by atoms with van der Waals surface area (Å²) >= 11 is 0. The molecule has 0 fully saturated rings. The molecule has 1 heterocycles. The highest BCUT2D eigenvalue weighted by Crippen LogP contribution is 2.11. The molecule has 0 radical (unpaired) electrons. The van der Waals surface area contributed by atoms with Crippen molar-refractivity contribution in [3.05, 3.63) is 47.7 Å². The second kappa shape index (κ2) is 4.84. The summed E-state index contributed by atoms with van der Waals surface area (Å²) in [6, 6.07) is 12.5. The molecule has 0 aliphatic heterocycles. The lowest BCUT2D eigenvalue weighted by molar-refractivity contribution is 0.657. The standard InChI is InChI=1S/C13H17N3/c1-3-16-13(9-11(2)15-16)14-10-12-7-5-4-6-8-12/h4-9,14H,3,10H2,1-2H3. The summed E-state index contributed by atoms with van der Waals surface area (Å²) in [6.07, 6.45) is 0. The van der Waals surface area contributed by atoms with Crippen molar-refractivity contribution in [1.29, 1.82) is 0 Å². The van der Waals surface area contributed by atoms with E-state index < -0.39 is 0 Å². The van der Waals surface area contributed by atoms with Crippen LogP contribution < -0.4 is 5.32 Å². The van der Waals surface area contributed by atoms with Gasteiger partial charge in [0.05, 0.1) is 5.69 Å². The molecule has 2 rings (SSSR count). The van der Waals surface area contributed by atoms with E-state index in [0.29, 0.717) is 0 Å². The lowest BCUT2D eigenvalue weighted by Gasteiger charge is -2.07. The zero-order valence-corrected chi connectivity index (χ0v) is 9.77. The lowest BCUT2D eigenvalue weighted by atomic mass is 10.2.